The van der Waals surface area contributed by atoms with Crippen LogP contribution < -0.4 is 20.7 Å². The van der Waals surface area contributed by atoms with Gasteiger partial charge in [0, 0.05) is 38.9 Å². The summed E-state index contributed by atoms with van der Waals surface area (Å²) in [6.45, 7) is 4.72. The van der Waals surface area contributed by atoms with Crippen molar-refractivity contribution < 1.29 is 14.3 Å². The van der Waals surface area contributed by atoms with Crippen LogP contribution in [0.4, 0.5) is 0 Å². The van der Waals surface area contributed by atoms with E-state index in [-0.39, 0.29) is 36.0 Å². The smallest absolute Gasteiger partial charge is 0.251 e. The zero-order valence-electron chi connectivity index (χ0n) is 19.6. The van der Waals surface area contributed by atoms with E-state index in [1.54, 1.807) is 14.2 Å². The summed E-state index contributed by atoms with van der Waals surface area (Å²) in [5, 5.41) is 9.62. The second-order valence-corrected chi connectivity index (χ2v) is 7.96. The highest BCUT2D eigenvalue weighted by molar-refractivity contribution is 14.0. The van der Waals surface area contributed by atoms with Crippen LogP contribution in [0.15, 0.2) is 47.5 Å². The molecular formula is C25H35IN4O3. The van der Waals surface area contributed by atoms with Gasteiger partial charge in [-0.1, -0.05) is 29.8 Å². The van der Waals surface area contributed by atoms with Gasteiger partial charge in [-0.15, -0.1) is 24.0 Å². The van der Waals surface area contributed by atoms with Gasteiger partial charge in [-0.3, -0.25) is 9.79 Å². The molecule has 1 aliphatic heterocycles. The van der Waals surface area contributed by atoms with E-state index in [1.807, 2.05) is 36.4 Å². The number of methoxy groups -OCH3 is 1. The summed E-state index contributed by atoms with van der Waals surface area (Å²) in [5.41, 5.74) is 4.04. The summed E-state index contributed by atoms with van der Waals surface area (Å²) in [5.74, 6) is 1.54. The summed E-state index contributed by atoms with van der Waals surface area (Å²) in [4.78, 5) is 16.8. The number of hydrogen-bond acceptors (Lipinski definition) is 4. The maximum Gasteiger partial charge on any atom is 0.251 e. The van der Waals surface area contributed by atoms with Crippen LogP contribution in [-0.4, -0.2) is 51.8 Å². The molecule has 1 amide bonds. The molecule has 0 saturated carbocycles. The lowest BCUT2D eigenvalue weighted by molar-refractivity contribution is 0.0857. The molecule has 0 radical (unpaired) electrons. The van der Waals surface area contributed by atoms with E-state index in [4.69, 9.17) is 9.47 Å². The minimum absolute atomic E-state index is 0. The molecule has 0 aromatic heterocycles. The Morgan fingerprint density at radius 1 is 1.18 bits per heavy atom. The molecule has 3 N–H and O–H groups in total. The Kier molecular flexibility index (Phi) is 11.5. The first kappa shape index (κ1) is 26.9. The van der Waals surface area contributed by atoms with Gasteiger partial charge in [-0.2, -0.15) is 0 Å². The van der Waals surface area contributed by atoms with Crippen molar-refractivity contribution >= 4 is 35.8 Å². The zero-order valence-corrected chi connectivity index (χ0v) is 22.0. The zero-order chi connectivity index (χ0) is 22.8. The van der Waals surface area contributed by atoms with Crippen LogP contribution in [0.1, 0.15) is 39.9 Å². The van der Waals surface area contributed by atoms with Crippen LogP contribution in [0, 0.1) is 6.92 Å². The minimum atomic E-state index is -0.0723. The number of halogens is 1. The van der Waals surface area contributed by atoms with E-state index in [1.165, 1.54) is 5.56 Å². The lowest BCUT2D eigenvalue weighted by atomic mass is 10.1. The van der Waals surface area contributed by atoms with Crippen molar-refractivity contribution in [2.24, 2.45) is 4.99 Å². The first-order chi connectivity index (χ1) is 15.6. The number of aliphatic imine (C=N–C) groups is 1. The molecule has 1 unspecified atom stereocenters. The molecule has 1 aliphatic rings. The Hall–Kier alpha value is -2.33. The van der Waals surface area contributed by atoms with Crippen molar-refractivity contribution in [3.05, 3.63) is 64.7 Å². The lowest BCUT2D eigenvalue weighted by Crippen LogP contribution is -2.38. The van der Waals surface area contributed by atoms with Gasteiger partial charge in [0.15, 0.2) is 5.96 Å². The second-order valence-electron chi connectivity index (χ2n) is 7.96. The molecule has 1 atom stereocenters. The molecule has 0 bridgehead atoms. The molecule has 1 fully saturated rings. The molecule has 0 aliphatic carbocycles. The maximum atomic E-state index is 12.5. The fourth-order valence-electron chi connectivity index (χ4n) is 3.76. The summed E-state index contributed by atoms with van der Waals surface area (Å²) in [6.07, 6.45) is 3.03. The number of guanidine groups is 1. The van der Waals surface area contributed by atoms with Crippen LogP contribution in [0.25, 0.3) is 0 Å². The Balaban J connectivity index is 0.00000385. The maximum absolute atomic E-state index is 12.5. The molecular weight excluding hydrogens is 531 g/mol. The molecule has 2 aromatic rings. The number of aryl methyl sites for hydroxylation is 1. The van der Waals surface area contributed by atoms with Gasteiger partial charge < -0.3 is 25.4 Å². The molecule has 2 aromatic carbocycles. The van der Waals surface area contributed by atoms with Crippen LogP contribution >= 0.6 is 24.0 Å². The van der Waals surface area contributed by atoms with Crippen molar-refractivity contribution in [1.29, 1.82) is 0 Å². The highest BCUT2D eigenvalue weighted by atomic mass is 127. The van der Waals surface area contributed by atoms with Crippen molar-refractivity contribution in [1.82, 2.24) is 16.0 Å². The average Bonchev–Trinajstić information content (AvgIpc) is 3.34. The summed E-state index contributed by atoms with van der Waals surface area (Å²) in [7, 11) is 3.44. The molecule has 180 valence electrons. The topological polar surface area (TPSA) is 84.0 Å². The third-order valence-corrected chi connectivity index (χ3v) is 5.51. The van der Waals surface area contributed by atoms with Crippen LogP contribution in [0.5, 0.6) is 5.75 Å². The third kappa shape index (κ3) is 8.51. The number of benzene rings is 2. The molecule has 8 heteroatoms. The minimum Gasteiger partial charge on any atom is -0.496 e. The number of hydrogen-bond donors (Lipinski definition) is 3. The Bertz CT molecular complexity index is 930. The number of carbonyl (C=O) groups excluding carboxylic acids is 1. The summed E-state index contributed by atoms with van der Waals surface area (Å²) in [6, 6.07) is 13.8. The first-order valence-corrected chi connectivity index (χ1v) is 11.2. The quantitative estimate of drug-likeness (QED) is 0.246. The number of carbonyl (C=O) groups is 1. The fraction of sp³-hybridized carbons (Fsp3) is 0.440. The predicted molar refractivity (Wildman–Crippen MR) is 143 cm³/mol. The normalized spacial score (nSPS) is 15.5. The lowest BCUT2D eigenvalue weighted by Gasteiger charge is -2.14. The number of ether oxygens (including phenoxy) is 2. The average molecular weight is 566 g/mol. The Morgan fingerprint density at radius 3 is 2.76 bits per heavy atom. The van der Waals surface area contributed by atoms with E-state index in [9.17, 15) is 4.79 Å². The Labute approximate surface area is 213 Å². The number of rotatable bonds is 9. The van der Waals surface area contributed by atoms with Gasteiger partial charge in [-0.25, -0.2) is 0 Å². The van der Waals surface area contributed by atoms with Gasteiger partial charge in [-0.05, 0) is 55.5 Å². The van der Waals surface area contributed by atoms with E-state index >= 15 is 0 Å². The van der Waals surface area contributed by atoms with E-state index in [0.29, 0.717) is 24.6 Å². The molecule has 1 heterocycles. The van der Waals surface area contributed by atoms with Crippen LogP contribution in [0.3, 0.4) is 0 Å². The molecule has 1 saturated heterocycles. The van der Waals surface area contributed by atoms with Crippen molar-refractivity contribution in [2.45, 2.75) is 38.8 Å². The Morgan fingerprint density at radius 2 is 2.03 bits per heavy atom. The van der Waals surface area contributed by atoms with E-state index < -0.39 is 0 Å². The summed E-state index contributed by atoms with van der Waals surface area (Å²) < 4.78 is 11.0. The third-order valence-electron chi connectivity index (χ3n) is 5.51. The summed E-state index contributed by atoms with van der Waals surface area (Å²) >= 11 is 0. The largest absolute Gasteiger partial charge is 0.496 e. The standard InChI is InChI=1S/C25H34N4O3.HI/c1-18-9-10-23(31-3)20(14-18)11-12-27-25(26-2)29-16-19-6-4-7-21(15-19)24(30)28-17-22-8-5-13-32-22;/h4,6-7,9-10,14-15,22H,5,8,11-13,16-17H2,1-3H3,(H,28,30)(H2,26,27,29);1H. The first-order valence-electron chi connectivity index (χ1n) is 11.2. The van der Waals surface area contributed by atoms with Gasteiger partial charge in [0.25, 0.3) is 5.91 Å². The predicted octanol–water partition coefficient (Wildman–Crippen LogP) is 3.44. The van der Waals surface area contributed by atoms with Gasteiger partial charge in [0.05, 0.1) is 13.2 Å². The number of nitrogens with one attached hydrogen (secondary N) is 3. The molecule has 3 rings (SSSR count). The van der Waals surface area contributed by atoms with Gasteiger partial charge >= 0.3 is 0 Å². The van der Waals surface area contributed by atoms with Crippen LogP contribution in [0.2, 0.25) is 0 Å². The molecule has 33 heavy (non-hydrogen) atoms. The van der Waals surface area contributed by atoms with Gasteiger partial charge in [0.1, 0.15) is 5.75 Å². The SMILES string of the molecule is CN=C(NCCc1cc(C)ccc1OC)NCc1cccc(C(=O)NCC2CCCO2)c1.I. The van der Waals surface area contributed by atoms with Crippen molar-refractivity contribution in [2.75, 3.05) is 33.9 Å². The fourth-order valence-corrected chi connectivity index (χ4v) is 3.76. The van der Waals surface area contributed by atoms with Crippen molar-refractivity contribution in [3.8, 4) is 5.75 Å². The van der Waals surface area contributed by atoms with E-state index in [2.05, 4.69) is 33.9 Å². The van der Waals surface area contributed by atoms with Crippen LogP contribution in [-0.2, 0) is 17.7 Å². The van der Waals surface area contributed by atoms with E-state index in [0.717, 1.165) is 49.3 Å². The highest BCUT2D eigenvalue weighted by Crippen LogP contribution is 2.19. The second kappa shape index (κ2) is 14.0. The number of amides is 1. The highest BCUT2D eigenvalue weighted by Gasteiger charge is 2.16. The van der Waals surface area contributed by atoms with Gasteiger partial charge in [0.2, 0.25) is 0 Å². The number of nitrogens with zero attached hydrogens (tertiary/aromatic N) is 1. The molecule has 0 spiro atoms. The van der Waals surface area contributed by atoms with Crippen molar-refractivity contribution in [3.63, 3.8) is 0 Å². The molecule has 7 nitrogen and oxygen atoms in total. The monoisotopic (exact) mass is 566 g/mol.